The van der Waals surface area contributed by atoms with Crippen molar-refractivity contribution < 1.29 is 8.42 Å². The number of rotatable bonds is 8. The molecule has 0 aliphatic heterocycles. The molecule has 2 N–H and O–H groups in total. The number of likely N-dealkylation sites (N-methyl/N-ethyl adjacent to an activating group) is 1. The molecule has 1 heterocycles. The van der Waals surface area contributed by atoms with Gasteiger partial charge in [0.05, 0.1) is 0 Å². The third-order valence-electron chi connectivity index (χ3n) is 4.07. The first-order chi connectivity index (χ1) is 9.60. The van der Waals surface area contributed by atoms with Gasteiger partial charge in [0.15, 0.2) is 0 Å². The van der Waals surface area contributed by atoms with Gasteiger partial charge in [0.2, 0.25) is 10.0 Å². The van der Waals surface area contributed by atoms with Gasteiger partial charge in [-0.15, -0.1) is 11.3 Å². The second kappa shape index (κ2) is 5.75. The highest BCUT2D eigenvalue weighted by Crippen LogP contribution is 2.45. The van der Waals surface area contributed by atoms with Crippen LogP contribution in [0.4, 0.5) is 0 Å². The Balaban J connectivity index is 1.68. The minimum Gasteiger partial charge on any atom is -0.319 e. The number of hydrogen-bond acceptors (Lipinski definition) is 4. The molecule has 6 heteroatoms. The topological polar surface area (TPSA) is 58.2 Å². The Hall–Kier alpha value is -0.430. The van der Waals surface area contributed by atoms with Crippen molar-refractivity contribution in [3.8, 4) is 0 Å². The molecule has 1 aromatic heterocycles. The van der Waals surface area contributed by atoms with Crippen molar-refractivity contribution in [3.63, 3.8) is 0 Å². The smallest absolute Gasteiger partial charge is 0.250 e. The fraction of sp³-hybridized carbons (Fsp3) is 0.714. The molecule has 2 aliphatic carbocycles. The highest BCUT2D eigenvalue weighted by molar-refractivity contribution is 7.91. The van der Waals surface area contributed by atoms with Crippen LogP contribution in [0.3, 0.4) is 0 Å². The zero-order chi connectivity index (χ0) is 14.2. The van der Waals surface area contributed by atoms with Crippen LogP contribution in [0.2, 0.25) is 0 Å². The van der Waals surface area contributed by atoms with E-state index < -0.39 is 10.0 Å². The second-order valence-corrected chi connectivity index (χ2v) is 9.01. The average molecular weight is 314 g/mol. The summed E-state index contributed by atoms with van der Waals surface area (Å²) in [5, 5.41) is 3.08. The maximum Gasteiger partial charge on any atom is 0.250 e. The van der Waals surface area contributed by atoms with Crippen LogP contribution in [-0.2, 0) is 16.4 Å². The summed E-state index contributed by atoms with van der Waals surface area (Å²) in [5.41, 5.74) is 0. The quantitative estimate of drug-likeness (QED) is 0.771. The van der Waals surface area contributed by atoms with E-state index in [1.807, 2.05) is 13.1 Å². The van der Waals surface area contributed by atoms with Crippen LogP contribution >= 0.6 is 11.3 Å². The van der Waals surface area contributed by atoms with Crippen molar-refractivity contribution in [2.24, 2.45) is 11.8 Å². The molecule has 2 fully saturated rings. The summed E-state index contributed by atoms with van der Waals surface area (Å²) in [6.45, 7) is 0.875. The van der Waals surface area contributed by atoms with E-state index in [-0.39, 0.29) is 6.04 Å². The molecule has 2 aliphatic rings. The van der Waals surface area contributed by atoms with Crippen LogP contribution in [0, 0.1) is 11.8 Å². The van der Waals surface area contributed by atoms with Gasteiger partial charge in [-0.3, -0.25) is 0 Å². The standard InChI is InChI=1S/C14H22N2O2S2/c1-15-9-8-12-6-7-13(19-12)20(17,18)16-14(10-2-3-10)11-4-5-11/h6-7,10-11,14-16H,2-5,8-9H2,1H3. The highest BCUT2D eigenvalue weighted by atomic mass is 32.2. The second-order valence-electron chi connectivity index (χ2n) is 5.90. The third-order valence-corrected chi connectivity index (χ3v) is 7.17. The summed E-state index contributed by atoms with van der Waals surface area (Å²) in [7, 11) is -1.42. The lowest BCUT2D eigenvalue weighted by molar-refractivity contribution is 0.472. The molecule has 0 saturated heterocycles. The molecule has 4 nitrogen and oxygen atoms in total. The Morgan fingerprint density at radius 3 is 2.45 bits per heavy atom. The van der Waals surface area contributed by atoms with E-state index >= 15 is 0 Å². The molecule has 0 spiro atoms. The first kappa shape index (κ1) is 14.5. The van der Waals surface area contributed by atoms with E-state index in [1.165, 1.54) is 37.0 Å². The normalized spacial score (nSPS) is 19.7. The van der Waals surface area contributed by atoms with E-state index in [9.17, 15) is 8.42 Å². The zero-order valence-corrected chi connectivity index (χ0v) is 13.4. The predicted octanol–water partition coefficient (Wildman–Crippen LogP) is 1.98. The van der Waals surface area contributed by atoms with E-state index in [0.717, 1.165) is 17.8 Å². The van der Waals surface area contributed by atoms with Gasteiger partial charge in [-0.25, -0.2) is 13.1 Å². The molecule has 112 valence electrons. The highest BCUT2D eigenvalue weighted by Gasteiger charge is 2.43. The van der Waals surface area contributed by atoms with Crippen LogP contribution in [0.1, 0.15) is 30.6 Å². The van der Waals surface area contributed by atoms with Gasteiger partial charge in [0, 0.05) is 10.9 Å². The van der Waals surface area contributed by atoms with Gasteiger partial charge in [-0.1, -0.05) is 0 Å². The van der Waals surface area contributed by atoms with Crippen LogP contribution in [0.5, 0.6) is 0 Å². The Morgan fingerprint density at radius 1 is 1.25 bits per heavy atom. The third kappa shape index (κ3) is 3.42. The Bertz CT molecular complexity index is 547. The SMILES string of the molecule is CNCCc1ccc(S(=O)(=O)NC(C2CC2)C2CC2)s1. The number of nitrogens with one attached hydrogen (secondary N) is 2. The van der Waals surface area contributed by atoms with Gasteiger partial charge in [-0.2, -0.15) is 0 Å². The van der Waals surface area contributed by atoms with Crippen molar-refractivity contribution in [1.29, 1.82) is 0 Å². The number of sulfonamides is 1. The van der Waals surface area contributed by atoms with Crippen molar-refractivity contribution in [3.05, 3.63) is 17.0 Å². The first-order valence-electron chi connectivity index (χ1n) is 7.36. The molecule has 0 bridgehead atoms. The van der Waals surface area contributed by atoms with Crippen LogP contribution in [-0.4, -0.2) is 28.1 Å². The summed E-state index contributed by atoms with van der Waals surface area (Å²) < 4.78 is 28.4. The van der Waals surface area contributed by atoms with Crippen LogP contribution in [0.25, 0.3) is 0 Å². The molecular formula is C14H22N2O2S2. The predicted molar refractivity (Wildman–Crippen MR) is 81.5 cm³/mol. The first-order valence-corrected chi connectivity index (χ1v) is 9.66. The molecular weight excluding hydrogens is 292 g/mol. The average Bonchev–Trinajstić information content (AvgIpc) is 3.32. The van der Waals surface area contributed by atoms with E-state index in [1.54, 1.807) is 6.07 Å². The van der Waals surface area contributed by atoms with Gasteiger partial charge in [0.25, 0.3) is 0 Å². The van der Waals surface area contributed by atoms with Gasteiger partial charge in [0.1, 0.15) is 4.21 Å². The molecule has 0 aromatic carbocycles. The van der Waals surface area contributed by atoms with Crippen molar-refractivity contribution >= 4 is 21.4 Å². The lowest BCUT2D eigenvalue weighted by atomic mass is 10.1. The summed E-state index contributed by atoms with van der Waals surface area (Å²) in [6, 6.07) is 3.86. The van der Waals surface area contributed by atoms with Crippen molar-refractivity contribution in [2.75, 3.05) is 13.6 Å². The maximum atomic E-state index is 12.5. The Labute approximate surface area is 125 Å². The lowest BCUT2D eigenvalue weighted by Crippen LogP contribution is -2.37. The van der Waals surface area contributed by atoms with Crippen LogP contribution in [0.15, 0.2) is 16.3 Å². The Morgan fingerprint density at radius 2 is 1.90 bits per heavy atom. The molecule has 3 rings (SSSR count). The molecule has 20 heavy (non-hydrogen) atoms. The molecule has 0 atom stereocenters. The largest absolute Gasteiger partial charge is 0.319 e. The summed E-state index contributed by atoms with van der Waals surface area (Å²) in [4.78, 5) is 1.12. The van der Waals surface area contributed by atoms with E-state index in [0.29, 0.717) is 16.0 Å². The lowest BCUT2D eigenvalue weighted by Gasteiger charge is -2.16. The summed E-state index contributed by atoms with van der Waals surface area (Å²) in [5.74, 6) is 1.17. The molecule has 0 amide bonds. The number of thiophene rings is 1. The van der Waals surface area contributed by atoms with E-state index in [2.05, 4.69) is 10.0 Å². The van der Waals surface area contributed by atoms with Crippen LogP contribution < -0.4 is 10.0 Å². The van der Waals surface area contributed by atoms with Crippen molar-refractivity contribution in [2.45, 2.75) is 42.4 Å². The van der Waals surface area contributed by atoms with Gasteiger partial charge >= 0.3 is 0 Å². The number of hydrogen-bond donors (Lipinski definition) is 2. The maximum absolute atomic E-state index is 12.5. The molecule has 2 saturated carbocycles. The monoisotopic (exact) mass is 314 g/mol. The summed E-state index contributed by atoms with van der Waals surface area (Å²) >= 11 is 1.40. The van der Waals surface area contributed by atoms with Gasteiger partial charge in [-0.05, 0) is 69.7 Å². The fourth-order valence-electron chi connectivity index (χ4n) is 2.61. The summed E-state index contributed by atoms with van der Waals surface area (Å²) in [6.07, 6.45) is 5.61. The minimum absolute atomic E-state index is 0.183. The van der Waals surface area contributed by atoms with Crippen molar-refractivity contribution in [1.82, 2.24) is 10.0 Å². The van der Waals surface area contributed by atoms with E-state index in [4.69, 9.17) is 0 Å². The molecule has 0 unspecified atom stereocenters. The Kier molecular flexibility index (Phi) is 4.17. The molecule has 1 aromatic rings. The minimum atomic E-state index is -3.33. The fourth-order valence-corrected chi connectivity index (χ4v) is 5.36. The zero-order valence-electron chi connectivity index (χ0n) is 11.8. The van der Waals surface area contributed by atoms with Gasteiger partial charge < -0.3 is 5.32 Å². The molecule has 0 radical (unpaired) electrons.